The van der Waals surface area contributed by atoms with Crippen LogP contribution in [0.1, 0.15) is 36.8 Å². The summed E-state index contributed by atoms with van der Waals surface area (Å²) in [6.07, 6.45) is 0. The molecule has 8 nitrogen and oxygen atoms in total. The van der Waals surface area contributed by atoms with Crippen LogP contribution in [0.3, 0.4) is 0 Å². The lowest BCUT2D eigenvalue weighted by atomic mass is 9.52. The molecule has 7 rings (SSSR count). The van der Waals surface area contributed by atoms with E-state index in [1.807, 2.05) is 60.7 Å². The van der Waals surface area contributed by atoms with Crippen molar-refractivity contribution in [2.24, 2.45) is 11.8 Å². The molecular formula is C50H50O8P2. The van der Waals surface area contributed by atoms with Gasteiger partial charge in [-0.05, 0) is 121 Å². The summed E-state index contributed by atoms with van der Waals surface area (Å²) in [6.45, 7) is 3.97. The van der Waals surface area contributed by atoms with Crippen molar-refractivity contribution in [3.8, 4) is 23.0 Å². The second kappa shape index (κ2) is 19.6. The lowest BCUT2D eigenvalue weighted by Crippen LogP contribution is -2.54. The Kier molecular flexibility index (Phi) is 13.9. The lowest BCUT2D eigenvalue weighted by molar-refractivity contribution is -0.171. The Morgan fingerprint density at radius 2 is 0.683 bits per heavy atom. The summed E-state index contributed by atoms with van der Waals surface area (Å²) < 4.78 is 33.9. The maximum Gasteiger partial charge on any atom is 0.310 e. The van der Waals surface area contributed by atoms with E-state index in [1.54, 1.807) is 42.3 Å². The Morgan fingerprint density at radius 3 is 0.933 bits per heavy atom. The van der Waals surface area contributed by atoms with Crippen LogP contribution in [0.5, 0.6) is 23.0 Å². The smallest absolute Gasteiger partial charge is 0.310 e. The van der Waals surface area contributed by atoms with Gasteiger partial charge in [0.15, 0.2) is 0 Å². The summed E-state index contributed by atoms with van der Waals surface area (Å²) in [5.74, 6) is -0.212. The quantitative estimate of drug-likeness (QED) is 0.0733. The Bertz CT molecular complexity index is 2100. The van der Waals surface area contributed by atoms with Gasteiger partial charge in [-0.25, -0.2) is 0 Å². The molecule has 0 unspecified atom stereocenters. The molecular weight excluding hydrogens is 790 g/mol. The van der Waals surface area contributed by atoms with Gasteiger partial charge < -0.3 is 28.4 Å². The highest BCUT2D eigenvalue weighted by atomic mass is 31.1. The van der Waals surface area contributed by atoms with E-state index in [-0.39, 0.29) is 13.2 Å². The Morgan fingerprint density at radius 1 is 0.417 bits per heavy atom. The highest BCUT2D eigenvalue weighted by Crippen LogP contribution is 2.60. The van der Waals surface area contributed by atoms with Crippen molar-refractivity contribution in [2.45, 2.75) is 25.7 Å². The van der Waals surface area contributed by atoms with Gasteiger partial charge in [0.1, 0.15) is 23.0 Å². The van der Waals surface area contributed by atoms with E-state index >= 15 is 0 Å². The van der Waals surface area contributed by atoms with E-state index in [0.717, 1.165) is 66.0 Å². The first kappa shape index (κ1) is 42.4. The predicted octanol–water partition coefficient (Wildman–Crippen LogP) is 7.48. The number of methoxy groups -OCH3 is 4. The van der Waals surface area contributed by atoms with Crippen LogP contribution in [0.25, 0.3) is 0 Å². The second-order valence-corrected chi connectivity index (χ2v) is 18.6. The van der Waals surface area contributed by atoms with Gasteiger partial charge >= 0.3 is 11.9 Å². The fraction of sp³-hybridized carbons (Fsp3) is 0.240. The molecule has 0 aromatic heterocycles. The minimum atomic E-state index is -1.18. The van der Waals surface area contributed by atoms with E-state index in [0.29, 0.717) is 0 Å². The zero-order valence-corrected chi connectivity index (χ0v) is 36.5. The highest BCUT2D eigenvalue weighted by Gasteiger charge is 2.61. The number of hydrogen-bond acceptors (Lipinski definition) is 8. The van der Waals surface area contributed by atoms with Crippen LogP contribution in [0.4, 0.5) is 0 Å². The van der Waals surface area contributed by atoms with Crippen molar-refractivity contribution in [3.05, 3.63) is 157 Å². The summed E-state index contributed by atoms with van der Waals surface area (Å²) in [7, 11) is 4.29. The number of ether oxygens (including phenoxy) is 6. The molecule has 0 radical (unpaired) electrons. The first-order valence-corrected chi connectivity index (χ1v) is 22.7. The third-order valence-corrected chi connectivity index (χ3v) is 16.1. The van der Waals surface area contributed by atoms with Gasteiger partial charge in [-0.1, -0.05) is 97.1 Å². The van der Waals surface area contributed by atoms with Crippen LogP contribution in [0.15, 0.2) is 146 Å². The third kappa shape index (κ3) is 8.64. The molecule has 1 aliphatic carbocycles. The van der Waals surface area contributed by atoms with Crippen molar-refractivity contribution in [3.63, 3.8) is 0 Å². The molecule has 6 aromatic rings. The number of carbonyl (C=O) groups is 2. The van der Waals surface area contributed by atoms with Gasteiger partial charge in [-0.15, -0.1) is 0 Å². The maximum absolute atomic E-state index is 14.4. The normalized spacial score (nSPS) is 17.1. The highest BCUT2D eigenvalue weighted by molar-refractivity contribution is 7.80. The van der Waals surface area contributed by atoms with Crippen LogP contribution < -0.4 is 50.8 Å². The van der Waals surface area contributed by atoms with Gasteiger partial charge in [0.05, 0.1) is 53.5 Å². The monoisotopic (exact) mass is 840 g/mol. The van der Waals surface area contributed by atoms with Crippen LogP contribution >= 0.6 is 15.8 Å². The maximum atomic E-state index is 14.4. The molecule has 0 aliphatic heterocycles. The van der Waals surface area contributed by atoms with Crippen LogP contribution in [-0.4, -0.2) is 53.6 Å². The van der Waals surface area contributed by atoms with Crippen LogP contribution in [0, 0.1) is 11.8 Å². The Balaban J connectivity index is 1.47. The summed E-state index contributed by atoms with van der Waals surface area (Å²) in [6, 6.07) is 49.5. The fourth-order valence-corrected chi connectivity index (χ4v) is 13.2. The first-order chi connectivity index (χ1) is 29.3. The molecule has 4 atom stereocenters. The van der Waals surface area contributed by atoms with E-state index in [9.17, 15) is 9.59 Å². The summed E-state index contributed by atoms with van der Waals surface area (Å²) in [5, 5.41) is 6.60. The molecule has 1 aliphatic rings. The molecule has 6 aromatic carbocycles. The van der Waals surface area contributed by atoms with Gasteiger partial charge in [-0.3, -0.25) is 9.59 Å². The topological polar surface area (TPSA) is 89.5 Å². The number of benzene rings is 6. The Labute approximate surface area is 355 Å². The van der Waals surface area contributed by atoms with Crippen molar-refractivity contribution < 1.29 is 38.0 Å². The van der Waals surface area contributed by atoms with E-state index in [4.69, 9.17) is 28.4 Å². The molecule has 308 valence electrons. The molecule has 0 saturated heterocycles. The predicted molar refractivity (Wildman–Crippen MR) is 242 cm³/mol. The molecule has 1 fully saturated rings. The second-order valence-electron chi connectivity index (χ2n) is 14.2. The molecule has 60 heavy (non-hydrogen) atoms. The average Bonchev–Trinajstić information content (AvgIpc) is 3.28. The van der Waals surface area contributed by atoms with Crippen molar-refractivity contribution in [1.29, 1.82) is 0 Å². The summed E-state index contributed by atoms with van der Waals surface area (Å²) in [5.41, 5.74) is 1.98. The van der Waals surface area contributed by atoms with Gasteiger partial charge in [0, 0.05) is 11.8 Å². The third-order valence-electron chi connectivity index (χ3n) is 11.1. The molecule has 10 heteroatoms. The fourth-order valence-electron chi connectivity index (χ4n) is 8.31. The van der Waals surface area contributed by atoms with E-state index < -0.39 is 51.5 Å². The largest absolute Gasteiger partial charge is 0.497 e. The SMILES string of the molecule is CCOC(=O)[C@@H]1[C@@H](C(=O)OCC)[C@@H](c2ccccc2P(c2ccc(OC)cc2)c2ccc(OC)cc2)[C@@H]1c1ccccc1P(c1ccc(OC)cc1)c1ccc(OC)cc1. The molecule has 0 spiro atoms. The Hall–Kier alpha value is -5.68. The zero-order chi connectivity index (χ0) is 42.2. The number of carbonyl (C=O) groups excluding carboxylic acids is 2. The zero-order valence-electron chi connectivity index (χ0n) is 34.7. The molecule has 0 bridgehead atoms. The average molecular weight is 841 g/mol. The van der Waals surface area contributed by atoms with Crippen molar-refractivity contribution >= 4 is 59.6 Å². The standard InChI is InChI=1S/C50H50O8P2/c1-7-57-49(51)47-45(41-13-9-11-15-43(41)59(37-25-17-33(53-3)18-26-37)38-27-19-34(54-4)20-28-38)46(48(47)50(52)58-8-2)42-14-10-12-16-44(42)60(39-29-21-35(55-5)22-30-39)40-31-23-36(56-6)24-32-40/h9-32,45-48H,7-8H2,1-6H3/t45-,46-,47-,48-/m0/s1. The summed E-state index contributed by atoms with van der Waals surface area (Å²) in [4.78, 5) is 28.8. The van der Waals surface area contributed by atoms with Gasteiger partial charge in [0.25, 0.3) is 0 Å². The van der Waals surface area contributed by atoms with Crippen molar-refractivity contribution in [2.75, 3.05) is 41.7 Å². The summed E-state index contributed by atoms with van der Waals surface area (Å²) >= 11 is 0. The molecule has 0 N–H and O–H groups in total. The van der Waals surface area contributed by atoms with Crippen LogP contribution in [0.2, 0.25) is 0 Å². The van der Waals surface area contributed by atoms with Crippen molar-refractivity contribution in [1.82, 2.24) is 0 Å². The van der Waals surface area contributed by atoms with Gasteiger partial charge in [-0.2, -0.15) is 0 Å². The molecule has 0 amide bonds. The van der Waals surface area contributed by atoms with Gasteiger partial charge in [0.2, 0.25) is 0 Å². The number of rotatable bonds is 16. The van der Waals surface area contributed by atoms with E-state index in [1.165, 1.54) is 0 Å². The molecule has 0 heterocycles. The number of hydrogen-bond donors (Lipinski definition) is 0. The van der Waals surface area contributed by atoms with E-state index in [2.05, 4.69) is 84.9 Å². The minimum Gasteiger partial charge on any atom is -0.497 e. The molecule has 1 saturated carbocycles. The first-order valence-electron chi connectivity index (χ1n) is 20.0. The van der Waals surface area contributed by atoms with Crippen LogP contribution in [-0.2, 0) is 19.1 Å². The number of esters is 2. The lowest BCUT2D eigenvalue weighted by Gasteiger charge is -2.51. The minimum absolute atomic E-state index is 0.186.